The van der Waals surface area contributed by atoms with Crippen LogP contribution in [0.1, 0.15) is 18.9 Å². The van der Waals surface area contributed by atoms with Gasteiger partial charge in [-0.15, -0.1) is 0 Å². The molecule has 106 valence electrons. The summed E-state index contributed by atoms with van der Waals surface area (Å²) in [5.74, 6) is -0.369. The van der Waals surface area contributed by atoms with Crippen LogP contribution in [-0.2, 0) is 11.3 Å². The number of hydrogen-bond donors (Lipinski definition) is 1. The van der Waals surface area contributed by atoms with Gasteiger partial charge in [0.15, 0.2) is 0 Å². The van der Waals surface area contributed by atoms with E-state index in [0.29, 0.717) is 24.2 Å². The van der Waals surface area contributed by atoms with Gasteiger partial charge < -0.3 is 10.2 Å². The van der Waals surface area contributed by atoms with E-state index in [4.69, 9.17) is 0 Å². The van der Waals surface area contributed by atoms with Gasteiger partial charge in [0.05, 0.1) is 0 Å². The number of nitrogens with one attached hydrogen (secondary N) is 1. The van der Waals surface area contributed by atoms with Crippen molar-refractivity contribution in [2.75, 3.05) is 25.7 Å². The molecular formula is C14H21FN2OS. The maximum atomic E-state index is 13.8. The lowest BCUT2D eigenvalue weighted by atomic mass is 10.2. The van der Waals surface area contributed by atoms with Gasteiger partial charge in [-0.3, -0.25) is 4.79 Å². The molecule has 0 bridgehead atoms. The van der Waals surface area contributed by atoms with E-state index in [0.717, 1.165) is 0 Å². The van der Waals surface area contributed by atoms with Gasteiger partial charge >= 0.3 is 0 Å². The first-order chi connectivity index (χ1) is 8.92. The summed E-state index contributed by atoms with van der Waals surface area (Å²) in [6.07, 6.45) is 2.40. The van der Waals surface area contributed by atoms with Crippen LogP contribution in [0.2, 0.25) is 0 Å². The lowest BCUT2D eigenvalue weighted by Crippen LogP contribution is -2.16. The summed E-state index contributed by atoms with van der Waals surface area (Å²) in [5, 5.41) is 2.98. The van der Waals surface area contributed by atoms with E-state index in [-0.39, 0.29) is 17.0 Å². The number of anilines is 1. The van der Waals surface area contributed by atoms with Crippen molar-refractivity contribution >= 4 is 23.4 Å². The molecule has 1 rings (SSSR count). The van der Waals surface area contributed by atoms with Crippen molar-refractivity contribution in [3.63, 3.8) is 0 Å². The van der Waals surface area contributed by atoms with E-state index >= 15 is 0 Å². The van der Waals surface area contributed by atoms with Gasteiger partial charge in [0.2, 0.25) is 5.91 Å². The van der Waals surface area contributed by atoms with Crippen LogP contribution >= 0.6 is 11.8 Å². The molecule has 0 heterocycles. The first-order valence-electron chi connectivity index (χ1n) is 6.18. The summed E-state index contributed by atoms with van der Waals surface area (Å²) in [7, 11) is 3.78. The van der Waals surface area contributed by atoms with E-state index in [1.807, 2.05) is 32.2 Å². The summed E-state index contributed by atoms with van der Waals surface area (Å²) in [6.45, 7) is 2.54. The van der Waals surface area contributed by atoms with Crippen LogP contribution in [-0.4, -0.2) is 36.4 Å². The minimum Gasteiger partial charge on any atom is -0.326 e. The van der Waals surface area contributed by atoms with Crippen LogP contribution in [0.5, 0.6) is 0 Å². The molecule has 0 radical (unpaired) electrons. The molecule has 1 aromatic rings. The van der Waals surface area contributed by atoms with Gasteiger partial charge in [0, 0.05) is 29.5 Å². The van der Waals surface area contributed by atoms with E-state index in [2.05, 4.69) is 5.32 Å². The molecule has 1 N–H and O–H groups in total. The summed E-state index contributed by atoms with van der Waals surface area (Å²) in [6, 6.07) is 4.83. The highest BCUT2D eigenvalue weighted by Gasteiger charge is 2.10. The number of nitrogens with zero attached hydrogens (tertiary/aromatic N) is 1. The van der Waals surface area contributed by atoms with Gasteiger partial charge in [0.1, 0.15) is 5.82 Å². The predicted molar refractivity (Wildman–Crippen MR) is 80.0 cm³/mol. The van der Waals surface area contributed by atoms with Crippen molar-refractivity contribution < 1.29 is 9.18 Å². The Labute approximate surface area is 118 Å². The zero-order valence-electron chi connectivity index (χ0n) is 11.9. The number of halogens is 1. The highest BCUT2D eigenvalue weighted by Crippen LogP contribution is 2.17. The number of benzene rings is 1. The second-order valence-corrected chi connectivity index (χ2v) is 6.12. The molecule has 19 heavy (non-hydrogen) atoms. The van der Waals surface area contributed by atoms with Crippen molar-refractivity contribution in [3.05, 3.63) is 29.6 Å². The molecule has 1 unspecified atom stereocenters. The monoisotopic (exact) mass is 284 g/mol. The van der Waals surface area contributed by atoms with Crippen LogP contribution in [0.3, 0.4) is 0 Å². The smallest absolute Gasteiger partial charge is 0.225 e. The van der Waals surface area contributed by atoms with E-state index in [1.54, 1.807) is 23.9 Å². The quantitative estimate of drug-likeness (QED) is 0.871. The van der Waals surface area contributed by atoms with Crippen LogP contribution in [0.4, 0.5) is 10.1 Å². The number of thioether (sulfide) groups is 1. The average molecular weight is 284 g/mol. The number of amides is 1. The van der Waals surface area contributed by atoms with E-state index in [1.165, 1.54) is 6.07 Å². The van der Waals surface area contributed by atoms with Gasteiger partial charge in [-0.25, -0.2) is 4.39 Å². The van der Waals surface area contributed by atoms with Gasteiger partial charge in [-0.2, -0.15) is 11.8 Å². The minimum absolute atomic E-state index is 0.0818. The van der Waals surface area contributed by atoms with Crippen LogP contribution < -0.4 is 5.32 Å². The number of rotatable bonds is 6. The molecular weight excluding hydrogens is 263 g/mol. The summed E-state index contributed by atoms with van der Waals surface area (Å²) in [5.41, 5.74) is 1.14. The standard InChI is InChI=1S/C14H21FN2OS/c1-10(19-4)7-14(18)16-12-6-5-11(9-17(2)3)13(15)8-12/h5-6,8,10H,7,9H2,1-4H3,(H,16,18). The number of carbonyl (C=O) groups is 1. The molecule has 1 atom stereocenters. The molecule has 5 heteroatoms. The molecule has 0 aliphatic rings. The molecule has 0 fully saturated rings. The van der Waals surface area contributed by atoms with E-state index < -0.39 is 0 Å². The summed E-state index contributed by atoms with van der Waals surface area (Å²) < 4.78 is 13.8. The molecule has 0 aliphatic carbocycles. The molecule has 0 spiro atoms. The van der Waals surface area contributed by atoms with Crippen LogP contribution in [0.25, 0.3) is 0 Å². The van der Waals surface area contributed by atoms with Gasteiger partial charge in [-0.05, 0) is 32.5 Å². The third-order valence-electron chi connectivity index (χ3n) is 2.70. The van der Waals surface area contributed by atoms with Crippen molar-refractivity contribution in [2.45, 2.75) is 25.1 Å². The second kappa shape index (κ2) is 7.50. The van der Waals surface area contributed by atoms with Crippen molar-refractivity contribution in [1.82, 2.24) is 4.90 Å². The fourth-order valence-corrected chi connectivity index (χ4v) is 1.97. The maximum absolute atomic E-state index is 13.8. The molecule has 0 saturated carbocycles. The van der Waals surface area contributed by atoms with Gasteiger partial charge in [0.25, 0.3) is 0 Å². The maximum Gasteiger partial charge on any atom is 0.225 e. The van der Waals surface area contributed by atoms with Crippen molar-refractivity contribution in [3.8, 4) is 0 Å². The normalized spacial score (nSPS) is 12.5. The Balaban J connectivity index is 2.65. The molecule has 3 nitrogen and oxygen atoms in total. The first-order valence-corrected chi connectivity index (χ1v) is 7.47. The third-order valence-corrected chi connectivity index (χ3v) is 3.67. The molecule has 0 aromatic heterocycles. The minimum atomic E-state index is -0.288. The van der Waals surface area contributed by atoms with Crippen LogP contribution in [0, 0.1) is 5.82 Å². The summed E-state index contributed by atoms with van der Waals surface area (Å²) >= 11 is 1.64. The zero-order chi connectivity index (χ0) is 14.4. The molecule has 0 aliphatic heterocycles. The van der Waals surface area contributed by atoms with Crippen molar-refractivity contribution in [2.24, 2.45) is 0 Å². The van der Waals surface area contributed by atoms with Crippen LogP contribution in [0.15, 0.2) is 18.2 Å². The lowest BCUT2D eigenvalue weighted by Gasteiger charge is -2.12. The summed E-state index contributed by atoms with van der Waals surface area (Å²) in [4.78, 5) is 13.6. The molecule has 1 aromatic carbocycles. The molecule has 0 saturated heterocycles. The highest BCUT2D eigenvalue weighted by atomic mass is 32.2. The van der Waals surface area contributed by atoms with Crippen molar-refractivity contribution in [1.29, 1.82) is 0 Å². The SMILES string of the molecule is CSC(C)CC(=O)Nc1ccc(CN(C)C)c(F)c1. The number of hydrogen-bond acceptors (Lipinski definition) is 3. The topological polar surface area (TPSA) is 32.3 Å². The Morgan fingerprint density at radius 2 is 2.16 bits per heavy atom. The number of carbonyl (C=O) groups excluding carboxylic acids is 1. The fraction of sp³-hybridized carbons (Fsp3) is 0.500. The van der Waals surface area contributed by atoms with E-state index in [9.17, 15) is 9.18 Å². The highest BCUT2D eigenvalue weighted by molar-refractivity contribution is 7.99. The first kappa shape index (κ1) is 16.0. The Bertz CT molecular complexity index is 437. The van der Waals surface area contributed by atoms with Gasteiger partial charge in [-0.1, -0.05) is 13.0 Å². The Morgan fingerprint density at radius 1 is 1.47 bits per heavy atom. The Morgan fingerprint density at radius 3 is 2.68 bits per heavy atom. The Hall–Kier alpha value is -1.07. The second-order valence-electron chi connectivity index (χ2n) is 4.84. The average Bonchev–Trinajstić information content (AvgIpc) is 2.32. The predicted octanol–water partition coefficient (Wildman–Crippen LogP) is 2.97. The third kappa shape index (κ3) is 5.61. The fourth-order valence-electron chi connectivity index (χ4n) is 1.65. The molecule has 1 amide bonds. The lowest BCUT2D eigenvalue weighted by molar-refractivity contribution is -0.116. The largest absolute Gasteiger partial charge is 0.326 e. The Kier molecular flexibility index (Phi) is 6.31. The zero-order valence-corrected chi connectivity index (χ0v) is 12.7.